The molecule has 46 valence electrons. The minimum absolute atomic E-state index is 0. The summed E-state index contributed by atoms with van der Waals surface area (Å²) >= 11 is 0. The molecule has 0 radical (unpaired) electrons. The molecule has 0 aromatic heterocycles. The molecule has 0 saturated carbocycles. The van der Waals surface area contributed by atoms with E-state index in [0.717, 1.165) is 0 Å². The smallest absolute Gasteiger partial charge is 0.534 e. The van der Waals surface area contributed by atoms with Gasteiger partial charge in [-0.25, -0.2) is 0 Å². The molecular formula is C7H5O2Rb. The van der Waals surface area contributed by atoms with Crippen molar-refractivity contribution >= 4 is 6.29 Å². The number of carbonyl (C=O) groups excluding carboxylic acids is 1. The molecule has 2 nitrogen and oxygen atoms in total. The summed E-state index contributed by atoms with van der Waals surface area (Å²) in [6.45, 7) is 0. The van der Waals surface area contributed by atoms with Crippen LogP contribution < -0.4 is 58.2 Å². The van der Waals surface area contributed by atoms with Gasteiger partial charge in [0.1, 0.15) is 0 Å². The van der Waals surface area contributed by atoms with Crippen molar-refractivity contribution in [2.75, 3.05) is 0 Å². The minimum Gasteiger partial charge on any atom is -0.534 e. The average Bonchev–Trinajstić information content (AvgIpc) is 1.90. The monoisotopic (exact) mass is 206 g/mol. The SMILES string of the molecule is O=Cc1c[c-]c(O)cc1.[Rb+]. The van der Waals surface area contributed by atoms with Crippen molar-refractivity contribution in [1.29, 1.82) is 0 Å². The third-order valence-electron chi connectivity index (χ3n) is 0.956. The van der Waals surface area contributed by atoms with E-state index in [4.69, 9.17) is 5.11 Å². The number of phenols is 1. The third kappa shape index (κ3) is 3.06. The second kappa shape index (κ2) is 5.19. The zero-order valence-corrected chi connectivity index (χ0v) is 10.6. The maximum atomic E-state index is 10.0. The summed E-state index contributed by atoms with van der Waals surface area (Å²) in [6, 6.07) is 6.85. The van der Waals surface area contributed by atoms with Gasteiger partial charge in [-0.2, -0.15) is 12.1 Å². The quantitative estimate of drug-likeness (QED) is 0.427. The number of aldehydes is 1. The first kappa shape index (κ1) is 10.5. The Bertz CT molecular complexity index is 205. The summed E-state index contributed by atoms with van der Waals surface area (Å²) in [5, 5.41) is 8.68. The van der Waals surface area contributed by atoms with Crippen LogP contribution >= 0.6 is 0 Å². The van der Waals surface area contributed by atoms with Crippen molar-refractivity contribution in [2.45, 2.75) is 0 Å². The van der Waals surface area contributed by atoms with E-state index in [0.29, 0.717) is 11.8 Å². The van der Waals surface area contributed by atoms with Gasteiger partial charge in [-0.15, -0.1) is 12.1 Å². The van der Waals surface area contributed by atoms with Crippen molar-refractivity contribution < 1.29 is 68.1 Å². The summed E-state index contributed by atoms with van der Waals surface area (Å²) < 4.78 is 0. The van der Waals surface area contributed by atoms with Crippen molar-refractivity contribution in [1.82, 2.24) is 0 Å². The summed E-state index contributed by atoms with van der Waals surface area (Å²) in [7, 11) is 0. The Kier molecular flexibility index (Phi) is 5.44. The van der Waals surface area contributed by atoms with E-state index in [2.05, 4.69) is 6.07 Å². The van der Waals surface area contributed by atoms with Crippen LogP contribution in [0, 0.1) is 6.07 Å². The second-order valence-corrected chi connectivity index (χ2v) is 1.63. The fraction of sp³-hybridized carbons (Fsp3) is 0. The molecule has 0 bridgehead atoms. The largest absolute Gasteiger partial charge is 1.00 e. The van der Waals surface area contributed by atoms with Gasteiger partial charge in [-0.1, -0.05) is 5.56 Å². The van der Waals surface area contributed by atoms with Gasteiger partial charge in [-0.05, 0) is 0 Å². The molecule has 0 aliphatic rings. The van der Waals surface area contributed by atoms with Crippen molar-refractivity contribution in [3.63, 3.8) is 0 Å². The van der Waals surface area contributed by atoms with Crippen molar-refractivity contribution in [2.24, 2.45) is 0 Å². The summed E-state index contributed by atoms with van der Waals surface area (Å²) in [5.41, 5.74) is 0.521. The van der Waals surface area contributed by atoms with Crippen LogP contribution in [0.2, 0.25) is 0 Å². The van der Waals surface area contributed by atoms with E-state index in [-0.39, 0.29) is 63.9 Å². The van der Waals surface area contributed by atoms with E-state index < -0.39 is 0 Å². The number of rotatable bonds is 1. The van der Waals surface area contributed by atoms with Crippen LogP contribution in [0.1, 0.15) is 10.4 Å². The molecule has 0 amide bonds. The van der Waals surface area contributed by atoms with Gasteiger partial charge in [0.15, 0.2) is 0 Å². The van der Waals surface area contributed by atoms with E-state index >= 15 is 0 Å². The van der Waals surface area contributed by atoms with Crippen LogP contribution in [-0.2, 0) is 0 Å². The molecule has 0 saturated heterocycles. The number of hydrogen-bond acceptors (Lipinski definition) is 2. The van der Waals surface area contributed by atoms with Crippen LogP contribution in [0.25, 0.3) is 0 Å². The molecule has 0 fully saturated rings. The zero-order chi connectivity index (χ0) is 6.69. The Balaban J connectivity index is 0.000000810. The fourth-order valence-electron chi connectivity index (χ4n) is 0.502. The zero-order valence-electron chi connectivity index (χ0n) is 5.66. The van der Waals surface area contributed by atoms with Gasteiger partial charge in [0.25, 0.3) is 0 Å². The topological polar surface area (TPSA) is 37.3 Å². The van der Waals surface area contributed by atoms with Gasteiger partial charge in [0, 0.05) is 5.75 Å². The Morgan fingerprint density at radius 1 is 1.50 bits per heavy atom. The van der Waals surface area contributed by atoms with E-state index in [1.54, 1.807) is 0 Å². The van der Waals surface area contributed by atoms with Crippen LogP contribution in [0.4, 0.5) is 0 Å². The fourth-order valence-corrected chi connectivity index (χ4v) is 0.502. The number of aromatic hydroxyl groups is 1. The molecule has 1 aromatic rings. The van der Waals surface area contributed by atoms with Crippen molar-refractivity contribution in [3.8, 4) is 5.75 Å². The third-order valence-corrected chi connectivity index (χ3v) is 0.956. The number of phenolic OH excluding ortho intramolecular Hbond substituents is 1. The molecule has 0 heterocycles. The minimum atomic E-state index is 0. The van der Waals surface area contributed by atoms with Crippen LogP contribution in [-0.4, -0.2) is 11.4 Å². The Morgan fingerprint density at radius 2 is 2.20 bits per heavy atom. The molecule has 0 aliphatic carbocycles. The van der Waals surface area contributed by atoms with Gasteiger partial charge >= 0.3 is 58.2 Å². The standard InChI is InChI=1S/C7H5O2.Rb/c8-5-6-1-3-7(9)4-2-6;/h1-3,5,9H;/q-1;+1. The Hall–Kier alpha value is 0.495. The van der Waals surface area contributed by atoms with Gasteiger partial charge < -0.3 is 9.90 Å². The van der Waals surface area contributed by atoms with Crippen LogP contribution in [0.5, 0.6) is 5.75 Å². The van der Waals surface area contributed by atoms with Gasteiger partial charge in [0.05, 0.1) is 6.29 Å². The number of benzene rings is 1. The Labute approximate surface area is 108 Å². The first-order valence-corrected chi connectivity index (χ1v) is 2.49. The van der Waals surface area contributed by atoms with Crippen LogP contribution in [0.15, 0.2) is 18.2 Å². The molecular weight excluding hydrogens is 202 g/mol. The summed E-state index contributed by atoms with van der Waals surface area (Å²) in [6.07, 6.45) is 0.704. The normalized spacial score (nSPS) is 8.00. The first-order valence-electron chi connectivity index (χ1n) is 2.49. The Morgan fingerprint density at radius 3 is 2.60 bits per heavy atom. The molecule has 0 spiro atoms. The van der Waals surface area contributed by atoms with E-state index in [9.17, 15) is 4.79 Å². The summed E-state index contributed by atoms with van der Waals surface area (Å²) in [4.78, 5) is 10.0. The number of carbonyl (C=O) groups is 1. The molecule has 0 aliphatic heterocycles. The van der Waals surface area contributed by atoms with Crippen molar-refractivity contribution in [3.05, 3.63) is 29.8 Å². The summed E-state index contributed by atoms with van der Waals surface area (Å²) in [5.74, 6) is 0.0561. The molecule has 1 rings (SSSR count). The predicted octanol–water partition coefficient (Wildman–Crippen LogP) is -1.99. The maximum absolute atomic E-state index is 10.0. The first-order chi connectivity index (χ1) is 4.33. The second-order valence-electron chi connectivity index (χ2n) is 1.63. The molecule has 10 heavy (non-hydrogen) atoms. The molecule has 1 N–H and O–H groups in total. The van der Waals surface area contributed by atoms with Crippen LogP contribution in [0.3, 0.4) is 0 Å². The maximum Gasteiger partial charge on any atom is 1.00 e. The predicted molar refractivity (Wildman–Crippen MR) is 32.3 cm³/mol. The van der Waals surface area contributed by atoms with E-state index in [1.807, 2.05) is 0 Å². The number of hydrogen-bond donors (Lipinski definition) is 1. The average molecular weight is 207 g/mol. The molecule has 3 heteroatoms. The van der Waals surface area contributed by atoms with Gasteiger partial charge in [-0.3, -0.25) is 0 Å². The molecule has 1 aromatic carbocycles. The van der Waals surface area contributed by atoms with E-state index in [1.165, 1.54) is 18.2 Å². The van der Waals surface area contributed by atoms with Gasteiger partial charge in [0.2, 0.25) is 0 Å². The molecule has 0 unspecified atom stereocenters. The molecule has 0 atom stereocenters.